The summed E-state index contributed by atoms with van der Waals surface area (Å²) < 4.78 is 4.73. The SMILES string of the molecule is COC(=O)c1ccc(Cl)c(NC(=S)NCc2ccccc2CN2CCCC2=O)c1. The summed E-state index contributed by atoms with van der Waals surface area (Å²) in [5.41, 5.74) is 3.04. The van der Waals surface area contributed by atoms with Crippen molar-refractivity contribution in [1.29, 1.82) is 0 Å². The van der Waals surface area contributed by atoms with Crippen LogP contribution in [0.4, 0.5) is 5.69 Å². The molecule has 0 unspecified atom stereocenters. The van der Waals surface area contributed by atoms with Crippen LogP contribution in [0, 0.1) is 0 Å². The minimum absolute atomic E-state index is 0.199. The van der Waals surface area contributed by atoms with Crippen LogP contribution in [-0.2, 0) is 22.6 Å². The topological polar surface area (TPSA) is 70.7 Å². The number of esters is 1. The van der Waals surface area contributed by atoms with Crippen LogP contribution in [0.25, 0.3) is 0 Å². The molecule has 152 valence electrons. The summed E-state index contributed by atoms with van der Waals surface area (Å²) >= 11 is 11.6. The van der Waals surface area contributed by atoms with E-state index in [9.17, 15) is 9.59 Å². The van der Waals surface area contributed by atoms with Crippen molar-refractivity contribution in [2.75, 3.05) is 19.0 Å². The third-order valence-corrected chi connectivity index (χ3v) is 5.30. The number of anilines is 1. The second kappa shape index (κ2) is 9.71. The highest BCUT2D eigenvalue weighted by Crippen LogP contribution is 2.23. The molecule has 6 nitrogen and oxygen atoms in total. The predicted molar refractivity (Wildman–Crippen MR) is 117 cm³/mol. The van der Waals surface area contributed by atoms with E-state index in [1.54, 1.807) is 18.2 Å². The van der Waals surface area contributed by atoms with Gasteiger partial charge in [-0.1, -0.05) is 35.9 Å². The first kappa shape index (κ1) is 21.1. The number of hydrogen-bond acceptors (Lipinski definition) is 4. The standard InChI is InChI=1S/C21H22ClN3O3S/c1-28-20(27)14-8-9-17(22)18(11-14)24-21(29)23-12-15-5-2-3-6-16(15)13-25-10-4-7-19(25)26/h2-3,5-6,8-9,11H,4,7,10,12-13H2,1H3,(H2,23,24,29). The smallest absolute Gasteiger partial charge is 0.337 e. The van der Waals surface area contributed by atoms with E-state index in [4.69, 9.17) is 28.6 Å². The fourth-order valence-electron chi connectivity index (χ4n) is 3.17. The van der Waals surface area contributed by atoms with E-state index >= 15 is 0 Å². The van der Waals surface area contributed by atoms with Crippen molar-refractivity contribution in [3.05, 3.63) is 64.2 Å². The van der Waals surface area contributed by atoms with Crippen molar-refractivity contribution in [3.8, 4) is 0 Å². The molecule has 1 fully saturated rings. The molecule has 0 atom stereocenters. The number of ether oxygens (including phenoxy) is 1. The Balaban J connectivity index is 1.63. The molecule has 0 aromatic heterocycles. The van der Waals surface area contributed by atoms with Gasteiger partial charge in [0.15, 0.2) is 5.11 Å². The molecule has 0 radical (unpaired) electrons. The third-order valence-electron chi connectivity index (χ3n) is 4.73. The Bertz CT molecular complexity index is 935. The molecule has 3 rings (SSSR count). The van der Waals surface area contributed by atoms with Gasteiger partial charge in [-0.3, -0.25) is 4.79 Å². The number of thiocarbonyl (C=S) groups is 1. The van der Waals surface area contributed by atoms with Gasteiger partial charge in [-0.25, -0.2) is 4.79 Å². The van der Waals surface area contributed by atoms with E-state index < -0.39 is 5.97 Å². The van der Waals surface area contributed by atoms with Crippen molar-refractivity contribution in [2.24, 2.45) is 0 Å². The molecule has 2 N–H and O–H groups in total. The van der Waals surface area contributed by atoms with Crippen molar-refractivity contribution in [3.63, 3.8) is 0 Å². The van der Waals surface area contributed by atoms with E-state index in [1.165, 1.54) is 7.11 Å². The fourth-order valence-corrected chi connectivity index (χ4v) is 3.52. The zero-order valence-corrected chi connectivity index (χ0v) is 17.6. The zero-order chi connectivity index (χ0) is 20.8. The van der Waals surface area contributed by atoms with E-state index in [0.717, 1.165) is 24.1 Å². The first-order valence-electron chi connectivity index (χ1n) is 9.25. The maximum Gasteiger partial charge on any atom is 0.337 e. The quantitative estimate of drug-likeness (QED) is 0.536. The van der Waals surface area contributed by atoms with Crippen molar-refractivity contribution in [1.82, 2.24) is 10.2 Å². The molecule has 0 saturated carbocycles. The Morgan fingerprint density at radius 3 is 2.69 bits per heavy atom. The Labute approximate surface area is 180 Å². The average molecular weight is 432 g/mol. The number of rotatable bonds is 6. The van der Waals surface area contributed by atoms with Gasteiger partial charge in [0.05, 0.1) is 23.4 Å². The third kappa shape index (κ3) is 5.46. The van der Waals surface area contributed by atoms with Gasteiger partial charge >= 0.3 is 5.97 Å². The number of carbonyl (C=O) groups excluding carboxylic acids is 2. The minimum atomic E-state index is -0.450. The number of carbonyl (C=O) groups is 2. The first-order chi connectivity index (χ1) is 14.0. The van der Waals surface area contributed by atoms with Gasteiger partial charge in [0.2, 0.25) is 5.91 Å². The molecule has 0 spiro atoms. The van der Waals surface area contributed by atoms with Crippen molar-refractivity contribution < 1.29 is 14.3 Å². The van der Waals surface area contributed by atoms with Gasteiger partial charge in [-0.15, -0.1) is 0 Å². The highest BCUT2D eigenvalue weighted by Gasteiger charge is 2.20. The van der Waals surface area contributed by atoms with Crippen LogP contribution in [-0.4, -0.2) is 35.5 Å². The van der Waals surface area contributed by atoms with Gasteiger partial charge in [0.1, 0.15) is 0 Å². The van der Waals surface area contributed by atoms with E-state index in [0.29, 0.717) is 40.9 Å². The number of amides is 1. The summed E-state index contributed by atoms with van der Waals surface area (Å²) in [4.78, 5) is 25.5. The summed E-state index contributed by atoms with van der Waals surface area (Å²) in [5, 5.41) is 6.99. The second-order valence-electron chi connectivity index (χ2n) is 6.68. The molecular formula is C21H22ClN3O3S. The molecule has 1 heterocycles. The lowest BCUT2D eigenvalue weighted by atomic mass is 10.1. The number of likely N-dealkylation sites (tertiary alicyclic amines) is 1. The number of halogens is 1. The van der Waals surface area contributed by atoms with Gasteiger partial charge in [0.25, 0.3) is 0 Å². The number of benzene rings is 2. The molecule has 1 saturated heterocycles. The van der Waals surface area contributed by atoms with Crippen LogP contribution in [0.15, 0.2) is 42.5 Å². The fraction of sp³-hybridized carbons (Fsp3) is 0.286. The molecule has 1 amide bonds. The zero-order valence-electron chi connectivity index (χ0n) is 16.0. The lowest BCUT2D eigenvalue weighted by Gasteiger charge is -2.19. The number of methoxy groups -OCH3 is 1. The van der Waals surface area contributed by atoms with Crippen LogP contribution in [0.2, 0.25) is 5.02 Å². The molecule has 8 heteroatoms. The summed E-state index contributed by atoms with van der Waals surface area (Å²) in [5.74, 6) is -0.251. The maximum absolute atomic E-state index is 11.9. The van der Waals surface area contributed by atoms with Gasteiger partial charge in [-0.2, -0.15) is 0 Å². The Morgan fingerprint density at radius 2 is 2.00 bits per heavy atom. The first-order valence-corrected chi connectivity index (χ1v) is 10.0. The Morgan fingerprint density at radius 1 is 1.24 bits per heavy atom. The molecule has 29 heavy (non-hydrogen) atoms. The average Bonchev–Trinajstić information content (AvgIpc) is 3.13. The molecular weight excluding hydrogens is 410 g/mol. The molecule has 1 aliphatic rings. The molecule has 0 bridgehead atoms. The van der Waals surface area contributed by atoms with Gasteiger partial charge in [0, 0.05) is 26.1 Å². The van der Waals surface area contributed by atoms with Crippen LogP contribution in [0.5, 0.6) is 0 Å². The van der Waals surface area contributed by atoms with Crippen LogP contribution < -0.4 is 10.6 Å². The van der Waals surface area contributed by atoms with Crippen molar-refractivity contribution >= 4 is 46.5 Å². The molecule has 2 aromatic rings. The van der Waals surface area contributed by atoms with Crippen molar-refractivity contribution in [2.45, 2.75) is 25.9 Å². The van der Waals surface area contributed by atoms with E-state index in [1.807, 2.05) is 29.2 Å². The summed E-state index contributed by atoms with van der Waals surface area (Å²) in [6, 6.07) is 12.8. The minimum Gasteiger partial charge on any atom is -0.465 e. The normalized spacial score (nSPS) is 13.3. The van der Waals surface area contributed by atoms with Gasteiger partial charge < -0.3 is 20.3 Å². The largest absolute Gasteiger partial charge is 0.465 e. The lowest BCUT2D eigenvalue weighted by Crippen LogP contribution is -2.29. The molecule has 2 aromatic carbocycles. The summed E-state index contributed by atoms with van der Waals surface area (Å²) in [6.45, 7) is 1.90. The number of hydrogen-bond donors (Lipinski definition) is 2. The van der Waals surface area contributed by atoms with Crippen LogP contribution >= 0.6 is 23.8 Å². The summed E-state index contributed by atoms with van der Waals surface area (Å²) in [6.07, 6.45) is 1.54. The highest BCUT2D eigenvalue weighted by molar-refractivity contribution is 7.80. The maximum atomic E-state index is 11.9. The number of nitrogens with one attached hydrogen (secondary N) is 2. The molecule has 0 aliphatic carbocycles. The monoisotopic (exact) mass is 431 g/mol. The van der Waals surface area contributed by atoms with Gasteiger partial charge in [-0.05, 0) is 48.0 Å². The number of nitrogens with zero attached hydrogens (tertiary/aromatic N) is 1. The highest BCUT2D eigenvalue weighted by atomic mass is 35.5. The molecule has 1 aliphatic heterocycles. The van der Waals surface area contributed by atoms with E-state index in [-0.39, 0.29) is 5.91 Å². The Hall–Kier alpha value is -2.64. The summed E-state index contributed by atoms with van der Waals surface area (Å²) in [7, 11) is 1.32. The van der Waals surface area contributed by atoms with Crippen LogP contribution in [0.3, 0.4) is 0 Å². The Kier molecular flexibility index (Phi) is 7.06. The second-order valence-corrected chi connectivity index (χ2v) is 7.50. The van der Waals surface area contributed by atoms with E-state index in [2.05, 4.69) is 10.6 Å². The lowest BCUT2D eigenvalue weighted by molar-refractivity contribution is -0.128. The predicted octanol–water partition coefficient (Wildman–Crippen LogP) is 3.74. The van der Waals surface area contributed by atoms with Crippen LogP contribution in [0.1, 0.15) is 34.3 Å².